The lowest BCUT2D eigenvalue weighted by molar-refractivity contribution is -0.133. The molecule has 3 aromatic rings. The molecule has 170 valence electrons. The van der Waals surface area contributed by atoms with E-state index in [2.05, 4.69) is 31.2 Å². The van der Waals surface area contributed by atoms with Crippen LogP contribution in [0.2, 0.25) is 0 Å². The van der Waals surface area contributed by atoms with Gasteiger partial charge in [-0.2, -0.15) is 0 Å². The lowest BCUT2D eigenvalue weighted by atomic mass is 9.90. The average Bonchev–Trinajstić information content (AvgIpc) is 3.11. The Labute approximate surface area is 196 Å². The summed E-state index contributed by atoms with van der Waals surface area (Å²) >= 11 is 0. The molecule has 3 aromatic carbocycles. The van der Waals surface area contributed by atoms with Crippen LogP contribution in [-0.4, -0.2) is 47.8 Å². The van der Waals surface area contributed by atoms with Crippen LogP contribution in [0, 0.1) is 6.92 Å². The van der Waals surface area contributed by atoms with Gasteiger partial charge in [0.25, 0.3) is 0 Å². The van der Waals surface area contributed by atoms with Crippen LogP contribution in [0.25, 0.3) is 0 Å². The molecule has 0 saturated carbocycles. The van der Waals surface area contributed by atoms with Crippen LogP contribution in [0.4, 0.5) is 0 Å². The third kappa shape index (κ3) is 5.89. The smallest absolute Gasteiger partial charge is 0.234 e. The fourth-order valence-corrected chi connectivity index (χ4v) is 4.50. The molecule has 4 rings (SSSR count). The summed E-state index contributed by atoms with van der Waals surface area (Å²) in [5.41, 5.74) is 4.42. The molecule has 1 heterocycles. The van der Waals surface area contributed by atoms with Crippen LogP contribution < -0.4 is 0 Å². The van der Waals surface area contributed by atoms with Gasteiger partial charge in [-0.05, 0) is 36.5 Å². The Morgan fingerprint density at radius 3 is 1.88 bits per heavy atom. The van der Waals surface area contributed by atoms with Gasteiger partial charge in [0.1, 0.15) is 0 Å². The van der Waals surface area contributed by atoms with Crippen molar-refractivity contribution in [1.82, 2.24) is 9.80 Å². The summed E-state index contributed by atoms with van der Waals surface area (Å²) in [6.45, 7) is 4.62. The molecule has 33 heavy (non-hydrogen) atoms. The third-order valence-electron chi connectivity index (χ3n) is 6.42. The van der Waals surface area contributed by atoms with Gasteiger partial charge in [0, 0.05) is 32.6 Å². The molecule has 1 aliphatic heterocycles. The number of aryl methyl sites for hydroxylation is 2. The Morgan fingerprint density at radius 2 is 1.27 bits per heavy atom. The van der Waals surface area contributed by atoms with Crippen LogP contribution in [0.15, 0.2) is 84.9 Å². The minimum Gasteiger partial charge on any atom is -0.341 e. The van der Waals surface area contributed by atoms with Crippen molar-refractivity contribution >= 4 is 11.8 Å². The maximum atomic E-state index is 13.7. The SMILES string of the molecule is Cc1ccc(CCC(=O)N2CCCN(C(=O)C(c3ccccc3)c3ccccc3)CC2)cc1. The first-order valence-corrected chi connectivity index (χ1v) is 11.8. The fourth-order valence-electron chi connectivity index (χ4n) is 4.50. The summed E-state index contributed by atoms with van der Waals surface area (Å²) in [5.74, 6) is -0.0370. The molecule has 4 heteroatoms. The Bertz CT molecular complexity index is 1010. The number of carbonyl (C=O) groups excluding carboxylic acids is 2. The Morgan fingerprint density at radius 1 is 0.727 bits per heavy atom. The van der Waals surface area contributed by atoms with Crippen LogP contribution >= 0.6 is 0 Å². The zero-order chi connectivity index (χ0) is 23.0. The van der Waals surface area contributed by atoms with E-state index in [1.807, 2.05) is 70.5 Å². The Hall–Kier alpha value is -3.40. The van der Waals surface area contributed by atoms with Gasteiger partial charge in [0.15, 0.2) is 0 Å². The van der Waals surface area contributed by atoms with Crippen molar-refractivity contribution in [3.05, 3.63) is 107 Å². The number of amides is 2. The van der Waals surface area contributed by atoms with E-state index in [0.29, 0.717) is 32.6 Å². The molecular weight excluding hydrogens is 408 g/mol. The molecule has 1 saturated heterocycles. The van der Waals surface area contributed by atoms with Crippen molar-refractivity contribution in [2.24, 2.45) is 0 Å². The largest absolute Gasteiger partial charge is 0.341 e. The average molecular weight is 441 g/mol. The van der Waals surface area contributed by atoms with Crippen molar-refractivity contribution < 1.29 is 9.59 Å². The molecule has 0 aliphatic carbocycles. The van der Waals surface area contributed by atoms with Crippen LogP contribution in [0.1, 0.15) is 41.0 Å². The summed E-state index contributed by atoms with van der Waals surface area (Å²) in [5, 5.41) is 0. The summed E-state index contributed by atoms with van der Waals surface area (Å²) in [7, 11) is 0. The molecular formula is C29H32N2O2. The van der Waals surface area contributed by atoms with E-state index in [1.165, 1.54) is 11.1 Å². The highest BCUT2D eigenvalue weighted by molar-refractivity contribution is 5.87. The van der Waals surface area contributed by atoms with Crippen molar-refractivity contribution in [2.45, 2.75) is 32.1 Å². The molecule has 4 nitrogen and oxygen atoms in total. The molecule has 0 N–H and O–H groups in total. The van der Waals surface area contributed by atoms with Crippen LogP contribution in [0.5, 0.6) is 0 Å². The second-order valence-corrected chi connectivity index (χ2v) is 8.80. The molecule has 0 atom stereocenters. The number of hydrogen-bond donors (Lipinski definition) is 0. The molecule has 2 amide bonds. The highest BCUT2D eigenvalue weighted by atomic mass is 16.2. The number of benzene rings is 3. The number of nitrogens with zero attached hydrogens (tertiary/aromatic N) is 2. The highest BCUT2D eigenvalue weighted by Gasteiger charge is 2.29. The zero-order valence-electron chi connectivity index (χ0n) is 19.3. The Balaban J connectivity index is 1.41. The molecule has 0 bridgehead atoms. The number of hydrogen-bond acceptors (Lipinski definition) is 2. The Kier molecular flexibility index (Phi) is 7.56. The van der Waals surface area contributed by atoms with Crippen molar-refractivity contribution in [3.8, 4) is 0 Å². The van der Waals surface area contributed by atoms with Gasteiger partial charge in [-0.25, -0.2) is 0 Å². The first-order chi connectivity index (χ1) is 16.1. The van der Waals surface area contributed by atoms with Gasteiger partial charge in [0.05, 0.1) is 5.92 Å². The van der Waals surface area contributed by atoms with E-state index in [0.717, 1.165) is 24.0 Å². The standard InChI is InChI=1S/C29H32N2O2/c1-23-13-15-24(16-14-23)17-18-27(32)30-19-8-20-31(22-21-30)29(33)28(25-9-4-2-5-10-25)26-11-6-3-7-12-26/h2-7,9-16,28H,8,17-22H2,1H3. The maximum absolute atomic E-state index is 13.7. The molecule has 1 fully saturated rings. The molecule has 0 spiro atoms. The van der Waals surface area contributed by atoms with Gasteiger partial charge < -0.3 is 9.80 Å². The number of rotatable bonds is 6. The number of carbonyl (C=O) groups is 2. The van der Waals surface area contributed by atoms with E-state index in [-0.39, 0.29) is 17.7 Å². The highest BCUT2D eigenvalue weighted by Crippen LogP contribution is 2.27. The molecule has 0 radical (unpaired) electrons. The minimum atomic E-state index is -0.323. The predicted molar refractivity (Wildman–Crippen MR) is 132 cm³/mol. The normalized spacial score (nSPS) is 14.2. The lowest BCUT2D eigenvalue weighted by Gasteiger charge is -2.27. The van der Waals surface area contributed by atoms with Gasteiger partial charge in [-0.15, -0.1) is 0 Å². The van der Waals surface area contributed by atoms with E-state index >= 15 is 0 Å². The second-order valence-electron chi connectivity index (χ2n) is 8.80. The van der Waals surface area contributed by atoms with Crippen molar-refractivity contribution in [1.29, 1.82) is 0 Å². The first kappa shape index (κ1) is 22.8. The summed E-state index contributed by atoms with van der Waals surface area (Å²) < 4.78 is 0. The molecule has 0 aromatic heterocycles. The summed E-state index contributed by atoms with van der Waals surface area (Å²) in [6.07, 6.45) is 2.06. The predicted octanol–water partition coefficient (Wildman–Crippen LogP) is 4.82. The zero-order valence-corrected chi connectivity index (χ0v) is 19.3. The van der Waals surface area contributed by atoms with Gasteiger partial charge in [-0.1, -0.05) is 90.5 Å². The lowest BCUT2D eigenvalue weighted by Crippen LogP contribution is -2.39. The van der Waals surface area contributed by atoms with Gasteiger partial charge in [0.2, 0.25) is 11.8 Å². The molecule has 0 unspecified atom stereocenters. The monoisotopic (exact) mass is 440 g/mol. The van der Waals surface area contributed by atoms with E-state index in [9.17, 15) is 9.59 Å². The fraction of sp³-hybridized carbons (Fsp3) is 0.310. The van der Waals surface area contributed by atoms with Crippen molar-refractivity contribution in [3.63, 3.8) is 0 Å². The third-order valence-corrected chi connectivity index (χ3v) is 6.42. The topological polar surface area (TPSA) is 40.6 Å². The van der Waals surface area contributed by atoms with Crippen LogP contribution in [-0.2, 0) is 16.0 Å². The van der Waals surface area contributed by atoms with E-state index in [1.54, 1.807) is 0 Å². The van der Waals surface area contributed by atoms with Crippen LogP contribution in [0.3, 0.4) is 0 Å². The minimum absolute atomic E-state index is 0.112. The van der Waals surface area contributed by atoms with Crippen molar-refractivity contribution in [2.75, 3.05) is 26.2 Å². The molecule has 1 aliphatic rings. The van der Waals surface area contributed by atoms with Gasteiger partial charge in [-0.3, -0.25) is 9.59 Å². The van der Waals surface area contributed by atoms with Gasteiger partial charge >= 0.3 is 0 Å². The summed E-state index contributed by atoms with van der Waals surface area (Å²) in [4.78, 5) is 30.4. The first-order valence-electron chi connectivity index (χ1n) is 11.8. The quantitative estimate of drug-likeness (QED) is 0.551. The van der Waals surface area contributed by atoms with E-state index < -0.39 is 0 Å². The summed E-state index contributed by atoms with van der Waals surface area (Å²) in [6, 6.07) is 28.3. The van der Waals surface area contributed by atoms with E-state index in [4.69, 9.17) is 0 Å². The second kappa shape index (κ2) is 11.0. The maximum Gasteiger partial charge on any atom is 0.234 e.